The number of anilines is 2. The predicted molar refractivity (Wildman–Crippen MR) is 103 cm³/mol. The van der Waals surface area contributed by atoms with E-state index in [9.17, 15) is 0 Å². The molecule has 0 saturated carbocycles. The number of benzene rings is 1. The van der Waals surface area contributed by atoms with Crippen LogP contribution in [0, 0.1) is 6.92 Å². The van der Waals surface area contributed by atoms with Crippen molar-refractivity contribution in [1.82, 2.24) is 9.97 Å². The third-order valence-corrected chi connectivity index (χ3v) is 4.09. The van der Waals surface area contributed by atoms with Gasteiger partial charge in [-0.05, 0) is 25.8 Å². The Bertz CT molecular complexity index is 638. The molecule has 0 saturated heterocycles. The molecule has 0 aliphatic rings. The Kier molecular flexibility index (Phi) is 6.59. The van der Waals surface area contributed by atoms with Crippen molar-refractivity contribution in [3.05, 3.63) is 47.3 Å². The Morgan fingerprint density at radius 2 is 1.79 bits per heavy atom. The Morgan fingerprint density at radius 1 is 1.08 bits per heavy atom. The average Bonchev–Trinajstić information content (AvgIpc) is 2.59. The highest BCUT2D eigenvalue weighted by molar-refractivity contribution is 5.59. The van der Waals surface area contributed by atoms with E-state index in [2.05, 4.69) is 75.2 Å². The van der Waals surface area contributed by atoms with Gasteiger partial charge in [0.1, 0.15) is 17.5 Å². The maximum Gasteiger partial charge on any atom is 0.137 e. The lowest BCUT2D eigenvalue weighted by Crippen LogP contribution is -2.25. The number of hydrogen-bond donors (Lipinski definition) is 1. The quantitative estimate of drug-likeness (QED) is 0.759. The van der Waals surface area contributed by atoms with Crippen LogP contribution in [0.5, 0.6) is 0 Å². The van der Waals surface area contributed by atoms with Gasteiger partial charge in [-0.25, -0.2) is 9.97 Å². The van der Waals surface area contributed by atoms with E-state index in [0.29, 0.717) is 5.92 Å². The topological polar surface area (TPSA) is 41.1 Å². The van der Waals surface area contributed by atoms with Crippen molar-refractivity contribution in [3.8, 4) is 0 Å². The molecule has 0 spiro atoms. The fraction of sp³-hybridized carbons (Fsp3) is 0.500. The summed E-state index contributed by atoms with van der Waals surface area (Å²) in [5.41, 5.74) is 2.43. The van der Waals surface area contributed by atoms with Gasteiger partial charge >= 0.3 is 0 Å². The molecular weight excluding hydrogens is 296 g/mol. The molecule has 0 amide bonds. The van der Waals surface area contributed by atoms with Crippen LogP contribution >= 0.6 is 0 Å². The van der Waals surface area contributed by atoms with E-state index >= 15 is 0 Å². The molecule has 0 aliphatic carbocycles. The van der Waals surface area contributed by atoms with E-state index in [1.54, 1.807) is 0 Å². The van der Waals surface area contributed by atoms with Gasteiger partial charge < -0.3 is 10.2 Å². The van der Waals surface area contributed by atoms with Crippen molar-refractivity contribution in [2.75, 3.05) is 23.3 Å². The van der Waals surface area contributed by atoms with Crippen LogP contribution in [0.2, 0.25) is 0 Å². The minimum absolute atomic E-state index is 0.307. The highest BCUT2D eigenvalue weighted by atomic mass is 15.2. The van der Waals surface area contributed by atoms with Crippen molar-refractivity contribution < 1.29 is 0 Å². The first-order valence-electron chi connectivity index (χ1n) is 8.98. The van der Waals surface area contributed by atoms with Gasteiger partial charge in [-0.2, -0.15) is 0 Å². The Morgan fingerprint density at radius 3 is 2.38 bits per heavy atom. The summed E-state index contributed by atoms with van der Waals surface area (Å²) in [5, 5.41) is 3.46. The normalized spacial score (nSPS) is 10.9. The molecule has 0 radical (unpaired) electrons. The number of nitrogens with one attached hydrogen (secondary N) is 1. The van der Waals surface area contributed by atoms with E-state index in [0.717, 1.165) is 49.1 Å². The second-order valence-electron chi connectivity index (χ2n) is 6.46. The highest BCUT2D eigenvalue weighted by Gasteiger charge is 2.17. The second kappa shape index (κ2) is 8.67. The SMILES string of the molecule is CCCNc1nc(C(C)C)nc(N(CC)Cc2ccccc2)c1C. The minimum atomic E-state index is 0.307. The number of rotatable bonds is 8. The summed E-state index contributed by atoms with van der Waals surface area (Å²) in [5.74, 6) is 3.22. The number of nitrogens with zero attached hydrogens (tertiary/aromatic N) is 3. The summed E-state index contributed by atoms with van der Waals surface area (Å²) in [4.78, 5) is 12.0. The monoisotopic (exact) mass is 326 g/mol. The second-order valence-corrected chi connectivity index (χ2v) is 6.46. The Balaban J connectivity index is 2.39. The molecule has 2 rings (SSSR count). The lowest BCUT2D eigenvalue weighted by molar-refractivity contribution is 0.743. The summed E-state index contributed by atoms with van der Waals surface area (Å²) >= 11 is 0. The summed E-state index contributed by atoms with van der Waals surface area (Å²) in [6.07, 6.45) is 1.08. The molecule has 2 aromatic rings. The first-order chi connectivity index (χ1) is 11.6. The van der Waals surface area contributed by atoms with Crippen LogP contribution in [0.15, 0.2) is 30.3 Å². The van der Waals surface area contributed by atoms with Gasteiger partial charge in [-0.15, -0.1) is 0 Å². The van der Waals surface area contributed by atoms with Crippen LogP contribution in [-0.2, 0) is 6.54 Å². The first kappa shape index (κ1) is 18.2. The molecule has 1 N–H and O–H groups in total. The first-order valence-corrected chi connectivity index (χ1v) is 8.98. The summed E-state index contributed by atoms with van der Waals surface area (Å²) in [6.45, 7) is 13.5. The summed E-state index contributed by atoms with van der Waals surface area (Å²) < 4.78 is 0. The molecule has 0 atom stereocenters. The van der Waals surface area contributed by atoms with Crippen molar-refractivity contribution in [2.45, 2.75) is 53.5 Å². The smallest absolute Gasteiger partial charge is 0.137 e. The van der Waals surface area contributed by atoms with E-state index < -0.39 is 0 Å². The van der Waals surface area contributed by atoms with Gasteiger partial charge in [0.05, 0.1) is 0 Å². The lowest BCUT2D eigenvalue weighted by Gasteiger charge is -2.26. The zero-order valence-electron chi connectivity index (χ0n) is 15.6. The summed E-state index contributed by atoms with van der Waals surface area (Å²) in [6, 6.07) is 10.6. The molecule has 4 nitrogen and oxygen atoms in total. The molecule has 0 unspecified atom stereocenters. The fourth-order valence-corrected chi connectivity index (χ4v) is 2.64. The summed E-state index contributed by atoms with van der Waals surface area (Å²) in [7, 11) is 0. The molecule has 24 heavy (non-hydrogen) atoms. The van der Waals surface area contributed by atoms with Gasteiger partial charge in [-0.3, -0.25) is 0 Å². The zero-order valence-corrected chi connectivity index (χ0v) is 15.6. The van der Waals surface area contributed by atoms with Crippen molar-refractivity contribution in [3.63, 3.8) is 0 Å². The van der Waals surface area contributed by atoms with Crippen LogP contribution in [0.25, 0.3) is 0 Å². The predicted octanol–water partition coefficient (Wildman–Crippen LogP) is 4.76. The molecule has 130 valence electrons. The maximum atomic E-state index is 4.88. The molecule has 1 aromatic heterocycles. The molecular formula is C20H30N4. The molecule has 0 fully saturated rings. The van der Waals surface area contributed by atoms with Gasteiger partial charge in [0.25, 0.3) is 0 Å². The average molecular weight is 326 g/mol. The Hall–Kier alpha value is -2.10. The molecule has 0 bridgehead atoms. The molecule has 1 heterocycles. The maximum absolute atomic E-state index is 4.88. The Labute approximate surface area is 146 Å². The van der Waals surface area contributed by atoms with Crippen molar-refractivity contribution >= 4 is 11.6 Å². The third-order valence-electron chi connectivity index (χ3n) is 4.09. The van der Waals surface area contributed by atoms with E-state index in [-0.39, 0.29) is 0 Å². The van der Waals surface area contributed by atoms with E-state index in [1.165, 1.54) is 5.56 Å². The number of aromatic nitrogens is 2. The van der Waals surface area contributed by atoms with E-state index in [1.807, 2.05) is 0 Å². The lowest BCUT2D eigenvalue weighted by atomic mass is 10.1. The van der Waals surface area contributed by atoms with Crippen molar-refractivity contribution in [2.24, 2.45) is 0 Å². The van der Waals surface area contributed by atoms with Crippen LogP contribution in [0.4, 0.5) is 11.6 Å². The molecule has 4 heteroatoms. The standard InChI is InChI=1S/C20H30N4/c1-6-13-21-19-16(5)20(23-18(22-19)15(3)4)24(7-2)14-17-11-9-8-10-12-17/h8-12,15H,6-7,13-14H2,1-5H3,(H,21,22,23). The number of hydrogen-bond acceptors (Lipinski definition) is 4. The van der Waals surface area contributed by atoms with Crippen LogP contribution < -0.4 is 10.2 Å². The highest BCUT2D eigenvalue weighted by Crippen LogP contribution is 2.27. The van der Waals surface area contributed by atoms with Gasteiger partial charge in [0.2, 0.25) is 0 Å². The van der Waals surface area contributed by atoms with Crippen LogP contribution in [0.1, 0.15) is 57.0 Å². The van der Waals surface area contributed by atoms with Gasteiger partial charge in [0, 0.05) is 31.1 Å². The largest absolute Gasteiger partial charge is 0.370 e. The molecule has 0 aliphatic heterocycles. The van der Waals surface area contributed by atoms with Gasteiger partial charge in [0.15, 0.2) is 0 Å². The van der Waals surface area contributed by atoms with Crippen LogP contribution in [0.3, 0.4) is 0 Å². The molecule has 1 aromatic carbocycles. The van der Waals surface area contributed by atoms with Crippen molar-refractivity contribution in [1.29, 1.82) is 0 Å². The van der Waals surface area contributed by atoms with Crippen LogP contribution in [-0.4, -0.2) is 23.1 Å². The fourth-order valence-electron chi connectivity index (χ4n) is 2.64. The third kappa shape index (κ3) is 4.47. The van der Waals surface area contributed by atoms with E-state index in [4.69, 9.17) is 9.97 Å². The van der Waals surface area contributed by atoms with Gasteiger partial charge in [-0.1, -0.05) is 51.1 Å². The zero-order chi connectivity index (χ0) is 17.5. The minimum Gasteiger partial charge on any atom is -0.370 e.